The highest BCUT2D eigenvalue weighted by Crippen LogP contribution is 2.23. The summed E-state index contributed by atoms with van der Waals surface area (Å²) < 4.78 is 29.5. The number of aryl methyl sites for hydroxylation is 2. The molecule has 0 saturated carbocycles. The lowest BCUT2D eigenvalue weighted by Gasteiger charge is -2.06. The Balaban J connectivity index is 1.88. The van der Waals surface area contributed by atoms with Gasteiger partial charge in [0.25, 0.3) is 5.56 Å². The van der Waals surface area contributed by atoms with Gasteiger partial charge < -0.3 is 4.40 Å². The predicted octanol–water partition coefficient (Wildman–Crippen LogP) is 4.05. The second kappa shape index (κ2) is 5.91. The Morgan fingerprint density at radius 3 is 2.50 bits per heavy atom. The first kappa shape index (κ1) is 16.2. The largest absolute Gasteiger partial charge is 0.300 e. The first-order valence-electron chi connectivity index (χ1n) is 8.07. The van der Waals surface area contributed by atoms with Crippen molar-refractivity contribution in [2.24, 2.45) is 0 Å². The number of rotatable bonds is 2. The van der Waals surface area contributed by atoms with E-state index < -0.39 is 17.2 Å². The summed E-state index contributed by atoms with van der Waals surface area (Å²) in [7, 11) is 0. The number of aromatic nitrogens is 3. The number of hydrogen-bond donors (Lipinski definition) is 0. The molecule has 0 radical (unpaired) electrons. The topological polar surface area (TPSA) is 39.3 Å². The van der Waals surface area contributed by atoms with E-state index in [-0.39, 0.29) is 11.3 Å². The molecule has 0 atom stereocenters. The van der Waals surface area contributed by atoms with Crippen molar-refractivity contribution in [3.63, 3.8) is 0 Å². The van der Waals surface area contributed by atoms with Gasteiger partial charge >= 0.3 is 0 Å². The van der Waals surface area contributed by atoms with Crippen LogP contribution in [0, 0.1) is 25.5 Å². The van der Waals surface area contributed by atoms with Crippen LogP contribution in [0.5, 0.6) is 0 Å². The summed E-state index contributed by atoms with van der Waals surface area (Å²) in [5.74, 6) is -1.96. The summed E-state index contributed by atoms with van der Waals surface area (Å²) in [4.78, 5) is 17.2. The van der Waals surface area contributed by atoms with Gasteiger partial charge in [-0.2, -0.15) is 0 Å². The fourth-order valence-electron chi connectivity index (χ4n) is 3.05. The molecule has 0 aliphatic heterocycles. The molecule has 4 aromatic rings. The van der Waals surface area contributed by atoms with Crippen LogP contribution < -0.4 is 5.56 Å². The normalized spacial score (nSPS) is 11.2. The molecule has 130 valence electrons. The Labute approximate surface area is 148 Å². The van der Waals surface area contributed by atoms with Crippen LogP contribution in [-0.2, 0) is 0 Å². The van der Waals surface area contributed by atoms with Gasteiger partial charge in [0, 0.05) is 30.2 Å². The van der Waals surface area contributed by atoms with E-state index in [2.05, 4.69) is 11.1 Å². The lowest BCUT2D eigenvalue weighted by molar-refractivity contribution is 0.508. The van der Waals surface area contributed by atoms with Gasteiger partial charge in [-0.1, -0.05) is 23.8 Å². The molecule has 0 fully saturated rings. The fourth-order valence-corrected chi connectivity index (χ4v) is 3.05. The van der Waals surface area contributed by atoms with Gasteiger partial charge in [0.1, 0.15) is 0 Å². The first-order chi connectivity index (χ1) is 12.4. The minimum absolute atomic E-state index is 0.215. The molecule has 0 aliphatic carbocycles. The summed E-state index contributed by atoms with van der Waals surface area (Å²) in [5, 5.41) is 0. The van der Waals surface area contributed by atoms with Crippen molar-refractivity contribution in [1.29, 1.82) is 0 Å². The van der Waals surface area contributed by atoms with Crippen molar-refractivity contribution in [3.8, 4) is 16.9 Å². The van der Waals surface area contributed by atoms with E-state index in [0.717, 1.165) is 28.8 Å². The van der Waals surface area contributed by atoms with E-state index in [9.17, 15) is 13.6 Å². The van der Waals surface area contributed by atoms with Gasteiger partial charge in [0.15, 0.2) is 11.6 Å². The summed E-state index contributed by atoms with van der Waals surface area (Å²) >= 11 is 0. The first-order valence-corrected chi connectivity index (χ1v) is 8.07. The molecule has 0 amide bonds. The summed E-state index contributed by atoms with van der Waals surface area (Å²) in [6, 6.07) is 9.35. The summed E-state index contributed by atoms with van der Waals surface area (Å²) in [6.07, 6.45) is 4.96. The Kier molecular flexibility index (Phi) is 3.68. The van der Waals surface area contributed by atoms with E-state index in [1.54, 1.807) is 16.8 Å². The second-order valence-corrected chi connectivity index (χ2v) is 6.25. The molecule has 4 rings (SSSR count). The Bertz CT molecular complexity index is 1210. The molecule has 0 spiro atoms. The smallest absolute Gasteiger partial charge is 0.298 e. The molecule has 4 nitrogen and oxygen atoms in total. The van der Waals surface area contributed by atoms with Crippen molar-refractivity contribution in [2.45, 2.75) is 13.8 Å². The highest BCUT2D eigenvalue weighted by molar-refractivity contribution is 5.66. The molecule has 0 unspecified atom stereocenters. The van der Waals surface area contributed by atoms with Crippen LogP contribution in [0.3, 0.4) is 0 Å². The maximum Gasteiger partial charge on any atom is 0.298 e. The summed E-state index contributed by atoms with van der Waals surface area (Å²) in [5.41, 5.74) is 3.89. The number of imidazole rings is 1. The standard InChI is InChI=1S/C20H15F2N3O/c1-12-3-5-15(13(2)9-12)18-11-24-7-8-25(20(26)19(24)23-18)14-4-6-16(21)17(22)10-14/h3-11H,1-2H3. The van der Waals surface area contributed by atoms with Gasteiger partial charge in [0.05, 0.1) is 11.4 Å². The van der Waals surface area contributed by atoms with E-state index in [1.165, 1.54) is 16.8 Å². The molecule has 2 aromatic heterocycles. The number of fused-ring (bicyclic) bond motifs is 1. The number of benzene rings is 2. The SMILES string of the molecule is Cc1ccc(-c2cn3ccn(-c4ccc(F)c(F)c4)c(=O)c3n2)c(C)c1. The van der Waals surface area contributed by atoms with Crippen LogP contribution in [0.2, 0.25) is 0 Å². The van der Waals surface area contributed by atoms with Crippen LogP contribution >= 0.6 is 0 Å². The minimum Gasteiger partial charge on any atom is -0.300 e. The number of hydrogen-bond acceptors (Lipinski definition) is 2. The van der Waals surface area contributed by atoms with Crippen LogP contribution in [0.15, 0.2) is 59.8 Å². The van der Waals surface area contributed by atoms with Crippen molar-refractivity contribution in [2.75, 3.05) is 0 Å². The molecule has 0 aliphatic rings. The molecule has 6 heteroatoms. The Morgan fingerprint density at radius 2 is 1.77 bits per heavy atom. The third-order valence-corrected chi connectivity index (χ3v) is 4.36. The lowest BCUT2D eigenvalue weighted by atomic mass is 10.0. The Morgan fingerprint density at radius 1 is 0.962 bits per heavy atom. The maximum atomic E-state index is 13.5. The molecular weight excluding hydrogens is 336 g/mol. The quantitative estimate of drug-likeness (QED) is 0.547. The van der Waals surface area contributed by atoms with Crippen molar-refractivity contribution >= 4 is 5.65 Å². The van der Waals surface area contributed by atoms with Crippen molar-refractivity contribution in [1.82, 2.24) is 14.0 Å². The van der Waals surface area contributed by atoms with Crippen molar-refractivity contribution in [3.05, 3.63) is 88.1 Å². The van der Waals surface area contributed by atoms with E-state index in [0.29, 0.717) is 5.69 Å². The zero-order valence-corrected chi connectivity index (χ0v) is 14.2. The van der Waals surface area contributed by atoms with Crippen LogP contribution in [0.25, 0.3) is 22.6 Å². The van der Waals surface area contributed by atoms with Crippen molar-refractivity contribution < 1.29 is 8.78 Å². The molecule has 26 heavy (non-hydrogen) atoms. The molecule has 0 bridgehead atoms. The lowest BCUT2D eigenvalue weighted by Crippen LogP contribution is -2.20. The maximum absolute atomic E-state index is 13.5. The number of nitrogens with zero attached hydrogens (tertiary/aromatic N) is 3. The van der Waals surface area contributed by atoms with E-state index in [1.807, 2.05) is 26.0 Å². The monoisotopic (exact) mass is 351 g/mol. The predicted molar refractivity (Wildman–Crippen MR) is 95.6 cm³/mol. The zero-order chi connectivity index (χ0) is 18.4. The number of halogens is 2. The van der Waals surface area contributed by atoms with Gasteiger partial charge in [-0.3, -0.25) is 9.36 Å². The highest BCUT2D eigenvalue weighted by Gasteiger charge is 2.13. The summed E-state index contributed by atoms with van der Waals surface area (Å²) in [6.45, 7) is 4.01. The third-order valence-electron chi connectivity index (χ3n) is 4.36. The molecule has 2 aromatic carbocycles. The molecule has 0 N–H and O–H groups in total. The zero-order valence-electron chi connectivity index (χ0n) is 14.2. The highest BCUT2D eigenvalue weighted by atomic mass is 19.2. The average molecular weight is 351 g/mol. The Hall–Kier alpha value is -3.28. The average Bonchev–Trinajstić information content (AvgIpc) is 3.03. The van der Waals surface area contributed by atoms with E-state index >= 15 is 0 Å². The van der Waals surface area contributed by atoms with Gasteiger partial charge in [-0.25, -0.2) is 13.8 Å². The second-order valence-electron chi connectivity index (χ2n) is 6.25. The van der Waals surface area contributed by atoms with Crippen LogP contribution in [0.1, 0.15) is 11.1 Å². The van der Waals surface area contributed by atoms with Crippen LogP contribution in [0.4, 0.5) is 8.78 Å². The van der Waals surface area contributed by atoms with Gasteiger partial charge in [-0.05, 0) is 31.5 Å². The molecular formula is C20H15F2N3O. The fraction of sp³-hybridized carbons (Fsp3) is 0.100. The minimum atomic E-state index is -1.01. The molecule has 0 saturated heterocycles. The third kappa shape index (κ3) is 2.60. The van der Waals surface area contributed by atoms with Crippen LogP contribution in [-0.4, -0.2) is 14.0 Å². The van der Waals surface area contributed by atoms with Gasteiger partial charge in [-0.15, -0.1) is 0 Å². The van der Waals surface area contributed by atoms with E-state index in [4.69, 9.17) is 0 Å². The van der Waals surface area contributed by atoms with Gasteiger partial charge in [0.2, 0.25) is 5.65 Å². The molecule has 2 heterocycles.